The Morgan fingerprint density at radius 3 is 0.789 bits per heavy atom. The fourth-order valence-electron chi connectivity index (χ4n) is 12.0. The Kier molecular flexibility index (Phi) is 64.9. The number of aliphatic hydroxyl groups is 2. The number of hydrogen-bond donors (Lipinski definition) is 2. The normalized spacial score (nSPS) is 12.5. The Morgan fingerprint density at radius 2 is 0.533 bits per heavy atom. The van der Waals surface area contributed by atoms with Gasteiger partial charge in [0.1, 0.15) is 0 Å². The topological polar surface area (TPSA) is 147 Å². The number of carbonyl (C=O) groups excluding carboxylic acids is 4. The van der Waals surface area contributed by atoms with Crippen LogP contribution in [-0.4, -0.2) is 196 Å². The lowest BCUT2D eigenvalue weighted by Crippen LogP contribution is -2.42. The fraction of sp³-hybridized carbons (Fsp3) is 0.947. The molecule has 90 heavy (non-hydrogen) atoms. The molecule has 0 aromatic heterocycles. The number of aliphatic hydroxyl groups excluding tert-OH is 2. The second-order valence-corrected chi connectivity index (χ2v) is 27.7. The molecule has 0 saturated heterocycles. The molecule has 0 fully saturated rings. The van der Waals surface area contributed by atoms with Gasteiger partial charge in [0, 0.05) is 92.4 Å². The summed E-state index contributed by atoms with van der Waals surface area (Å²) >= 11 is 0. The van der Waals surface area contributed by atoms with E-state index >= 15 is 0 Å². The minimum atomic E-state index is -0.512. The third-order valence-corrected chi connectivity index (χ3v) is 18.6. The van der Waals surface area contributed by atoms with Gasteiger partial charge in [-0.05, 0) is 39.8 Å². The number of likely N-dealkylation sites (N-methyl/N-ethyl adjacent to an activating group) is 4. The first-order chi connectivity index (χ1) is 43.8. The van der Waals surface area contributed by atoms with Crippen LogP contribution in [0.4, 0.5) is 0 Å². The Bertz CT molecular complexity index is 1470. The zero-order valence-corrected chi connectivity index (χ0v) is 61.0. The standard InChI is InChI=1S/C76H152N6O8/c1-9-13-17-21-25-29-33-35-37-41-45-49-53-71(83)67-81(69-75(87)89-65-51-47-43-39-31-27-23-19-15-11-3)63-59-77(5)57-55-73(85)79(7)61-62-80(8)74(86)56-58-78(6)60-64-82(70-76(88)90-66-52-48-44-40-32-28-24-20-16-12-4)68-72(84)54-50-46-42-38-36-34-30-26-22-18-14-10-2/h71-72,83-84H,9-70H2,1-8H3. The summed E-state index contributed by atoms with van der Waals surface area (Å²) in [4.78, 5) is 64.7. The average Bonchev–Trinajstić information content (AvgIpc) is 3.73. The van der Waals surface area contributed by atoms with Crippen molar-refractivity contribution in [3.63, 3.8) is 0 Å². The van der Waals surface area contributed by atoms with Crippen LogP contribution < -0.4 is 0 Å². The average molecular weight is 1280 g/mol. The summed E-state index contributed by atoms with van der Waals surface area (Å²) in [5.41, 5.74) is 0. The molecule has 2 atom stereocenters. The number of ether oxygens (including phenoxy) is 2. The van der Waals surface area contributed by atoms with Gasteiger partial charge in [-0.3, -0.25) is 29.0 Å². The van der Waals surface area contributed by atoms with Crippen LogP contribution in [0.2, 0.25) is 0 Å². The van der Waals surface area contributed by atoms with Crippen molar-refractivity contribution < 1.29 is 38.9 Å². The highest BCUT2D eigenvalue weighted by molar-refractivity contribution is 5.77. The van der Waals surface area contributed by atoms with Crippen LogP contribution in [0, 0.1) is 0 Å². The molecule has 2 N–H and O–H groups in total. The monoisotopic (exact) mass is 1280 g/mol. The number of esters is 2. The Hall–Kier alpha value is -2.36. The summed E-state index contributed by atoms with van der Waals surface area (Å²) in [5, 5.41) is 22.3. The van der Waals surface area contributed by atoms with Crippen molar-refractivity contribution in [2.75, 3.05) is 120 Å². The van der Waals surface area contributed by atoms with Crippen molar-refractivity contribution in [1.82, 2.24) is 29.4 Å². The molecule has 0 aliphatic carbocycles. The second kappa shape index (κ2) is 66.7. The first-order valence-electron chi connectivity index (χ1n) is 38.7. The van der Waals surface area contributed by atoms with Gasteiger partial charge in [0.15, 0.2) is 0 Å². The highest BCUT2D eigenvalue weighted by Crippen LogP contribution is 2.17. The van der Waals surface area contributed by atoms with Gasteiger partial charge < -0.3 is 39.3 Å². The van der Waals surface area contributed by atoms with Crippen molar-refractivity contribution in [2.24, 2.45) is 0 Å². The molecule has 0 heterocycles. The van der Waals surface area contributed by atoms with Gasteiger partial charge >= 0.3 is 11.9 Å². The number of nitrogens with zero attached hydrogens (tertiary/aromatic N) is 6. The third kappa shape index (κ3) is 60.6. The van der Waals surface area contributed by atoms with Crippen molar-refractivity contribution in [2.45, 2.75) is 348 Å². The molecule has 2 unspecified atom stereocenters. The molecule has 534 valence electrons. The van der Waals surface area contributed by atoms with E-state index in [-0.39, 0.29) is 36.8 Å². The molecule has 2 amide bonds. The maximum absolute atomic E-state index is 13.4. The Labute approximate surface area is 557 Å². The van der Waals surface area contributed by atoms with E-state index < -0.39 is 12.2 Å². The van der Waals surface area contributed by atoms with Crippen molar-refractivity contribution in [3.05, 3.63) is 0 Å². The highest BCUT2D eigenvalue weighted by Gasteiger charge is 2.21. The molecular weight excluding hydrogens is 1120 g/mol. The second-order valence-electron chi connectivity index (χ2n) is 27.7. The zero-order chi connectivity index (χ0) is 66.2. The van der Waals surface area contributed by atoms with Gasteiger partial charge in [0.25, 0.3) is 0 Å². The summed E-state index contributed by atoms with van der Waals surface area (Å²) in [7, 11) is 7.59. The van der Waals surface area contributed by atoms with E-state index in [2.05, 4.69) is 37.5 Å². The zero-order valence-electron chi connectivity index (χ0n) is 61.0. The predicted molar refractivity (Wildman–Crippen MR) is 381 cm³/mol. The van der Waals surface area contributed by atoms with Crippen molar-refractivity contribution >= 4 is 23.8 Å². The number of rotatable bonds is 71. The van der Waals surface area contributed by atoms with Gasteiger partial charge in [-0.2, -0.15) is 0 Å². The molecule has 0 radical (unpaired) electrons. The smallest absolute Gasteiger partial charge is 0.320 e. The van der Waals surface area contributed by atoms with E-state index in [9.17, 15) is 29.4 Å². The fourth-order valence-corrected chi connectivity index (χ4v) is 12.0. The number of hydrogen-bond acceptors (Lipinski definition) is 12. The lowest BCUT2D eigenvalue weighted by molar-refractivity contribution is -0.146. The minimum Gasteiger partial charge on any atom is -0.465 e. The van der Waals surface area contributed by atoms with Crippen LogP contribution in [0.3, 0.4) is 0 Å². The first-order valence-corrected chi connectivity index (χ1v) is 38.7. The Morgan fingerprint density at radius 1 is 0.300 bits per heavy atom. The molecule has 0 saturated carbocycles. The van der Waals surface area contributed by atoms with E-state index in [4.69, 9.17) is 9.47 Å². The van der Waals surface area contributed by atoms with Crippen LogP contribution in [0.15, 0.2) is 0 Å². The molecule has 0 aliphatic heterocycles. The van der Waals surface area contributed by atoms with E-state index in [0.29, 0.717) is 91.5 Å². The molecule has 0 bridgehead atoms. The summed E-state index contributed by atoms with van der Waals surface area (Å²) in [5.74, 6) is -0.451. The lowest BCUT2D eigenvalue weighted by Gasteiger charge is -2.28. The lowest BCUT2D eigenvalue weighted by atomic mass is 10.0. The van der Waals surface area contributed by atoms with Crippen molar-refractivity contribution in [3.8, 4) is 0 Å². The summed E-state index contributed by atoms with van der Waals surface area (Å²) in [6.07, 6.45) is 56.3. The van der Waals surface area contributed by atoms with E-state index in [1.165, 1.54) is 231 Å². The van der Waals surface area contributed by atoms with E-state index in [1.54, 1.807) is 23.9 Å². The van der Waals surface area contributed by atoms with Crippen LogP contribution in [0.5, 0.6) is 0 Å². The third-order valence-electron chi connectivity index (χ3n) is 18.6. The first kappa shape index (κ1) is 87.6. The van der Waals surface area contributed by atoms with Crippen molar-refractivity contribution in [1.29, 1.82) is 0 Å². The maximum Gasteiger partial charge on any atom is 0.320 e. The molecule has 0 aromatic carbocycles. The summed E-state index contributed by atoms with van der Waals surface area (Å²) < 4.78 is 11.4. The SMILES string of the molecule is CCCCCCCCCCCCCCC(O)CN(CCN(C)CCC(=O)N(C)CCN(C)C(=O)CCN(C)CCN(CC(=O)OCCCCCCCCCCCC)CC(O)CCCCCCCCCCCCCC)CC(=O)OCCCCCCCCCCCC. The van der Waals surface area contributed by atoms with E-state index in [0.717, 1.165) is 64.2 Å². The van der Waals surface area contributed by atoms with Gasteiger partial charge in [0.2, 0.25) is 11.8 Å². The quantitative estimate of drug-likeness (QED) is 0.0441. The molecule has 0 rings (SSSR count). The van der Waals surface area contributed by atoms with Crippen LogP contribution in [0.25, 0.3) is 0 Å². The van der Waals surface area contributed by atoms with Gasteiger partial charge in [-0.25, -0.2) is 0 Å². The Balaban J connectivity index is 5.05. The van der Waals surface area contributed by atoms with Gasteiger partial charge in [-0.1, -0.05) is 297 Å². The van der Waals surface area contributed by atoms with Gasteiger partial charge in [0.05, 0.1) is 38.5 Å². The summed E-state index contributed by atoms with van der Waals surface area (Å²) in [6, 6.07) is 0. The maximum atomic E-state index is 13.4. The van der Waals surface area contributed by atoms with Crippen LogP contribution >= 0.6 is 0 Å². The molecular formula is C76H152N6O8. The predicted octanol–water partition coefficient (Wildman–Crippen LogP) is 17.0. The molecule has 0 aromatic rings. The van der Waals surface area contributed by atoms with Gasteiger partial charge in [-0.15, -0.1) is 0 Å². The molecule has 0 spiro atoms. The van der Waals surface area contributed by atoms with E-state index in [1.807, 2.05) is 23.9 Å². The number of amides is 2. The molecule has 0 aliphatic rings. The number of carbonyl (C=O) groups is 4. The minimum absolute atomic E-state index is 0.0131. The molecule has 14 nitrogen and oxygen atoms in total. The van der Waals surface area contributed by atoms with Crippen LogP contribution in [0.1, 0.15) is 336 Å². The highest BCUT2D eigenvalue weighted by atomic mass is 16.5. The number of unbranched alkanes of at least 4 members (excludes halogenated alkanes) is 40. The largest absolute Gasteiger partial charge is 0.465 e. The van der Waals surface area contributed by atoms with Crippen LogP contribution in [-0.2, 0) is 28.7 Å². The summed E-state index contributed by atoms with van der Waals surface area (Å²) in [6.45, 7) is 15.5. The molecule has 14 heteroatoms.